The minimum Gasteiger partial charge on any atom is -0.484 e. The number of benzene rings is 1. The number of aryl methyl sites for hydroxylation is 1. The number of nitrogens with zero attached hydrogens (tertiary/aromatic N) is 4. The first-order chi connectivity index (χ1) is 15.6. The van der Waals surface area contributed by atoms with Crippen LogP contribution in [0.25, 0.3) is 0 Å². The lowest BCUT2D eigenvalue weighted by molar-refractivity contribution is -0.192. The average Bonchev–Trinajstić information content (AvgIpc) is 3.44. The zero-order chi connectivity index (χ0) is 24.0. The smallest absolute Gasteiger partial charge is 0.484 e. The number of aromatic nitrogens is 2. The Labute approximate surface area is 189 Å². The molecule has 0 aliphatic carbocycles. The number of amides is 1. The van der Waals surface area contributed by atoms with Gasteiger partial charge in [0.05, 0.1) is 18.3 Å². The van der Waals surface area contributed by atoms with Crippen molar-refractivity contribution in [3.8, 4) is 5.75 Å². The van der Waals surface area contributed by atoms with E-state index in [2.05, 4.69) is 14.7 Å². The third kappa shape index (κ3) is 6.70. The van der Waals surface area contributed by atoms with Gasteiger partial charge in [-0.3, -0.25) is 9.48 Å². The molecule has 1 fully saturated rings. The number of carbonyl (C=O) groups excluding carboxylic acids is 1. The summed E-state index contributed by atoms with van der Waals surface area (Å²) in [6.45, 7) is 6.63. The van der Waals surface area contributed by atoms with Crippen LogP contribution in [0.5, 0.6) is 5.75 Å². The molecule has 1 unspecified atom stereocenters. The van der Waals surface area contributed by atoms with E-state index in [0.29, 0.717) is 13.1 Å². The molecule has 1 atom stereocenters. The van der Waals surface area contributed by atoms with Gasteiger partial charge in [0.15, 0.2) is 6.61 Å². The Morgan fingerprint density at radius 1 is 1.18 bits per heavy atom. The fourth-order valence-electron chi connectivity index (χ4n) is 3.92. The van der Waals surface area contributed by atoms with Gasteiger partial charge in [-0.25, -0.2) is 4.79 Å². The monoisotopic (exact) mass is 468 g/mol. The molecule has 11 heteroatoms. The van der Waals surface area contributed by atoms with E-state index < -0.39 is 12.1 Å². The van der Waals surface area contributed by atoms with Crippen LogP contribution in [0.15, 0.2) is 36.5 Å². The lowest BCUT2D eigenvalue weighted by Crippen LogP contribution is -2.46. The van der Waals surface area contributed by atoms with E-state index in [0.717, 1.165) is 36.6 Å². The Hall–Kier alpha value is -3.08. The summed E-state index contributed by atoms with van der Waals surface area (Å²) >= 11 is 0. The van der Waals surface area contributed by atoms with Crippen molar-refractivity contribution in [2.24, 2.45) is 0 Å². The van der Waals surface area contributed by atoms with Crippen LogP contribution >= 0.6 is 0 Å². The van der Waals surface area contributed by atoms with E-state index >= 15 is 0 Å². The van der Waals surface area contributed by atoms with Gasteiger partial charge >= 0.3 is 12.1 Å². The van der Waals surface area contributed by atoms with Gasteiger partial charge in [0, 0.05) is 19.3 Å². The number of likely N-dealkylation sites (tertiary alicyclic amines) is 1. The molecule has 1 amide bonds. The largest absolute Gasteiger partial charge is 0.490 e. The molecule has 8 nitrogen and oxygen atoms in total. The Kier molecular flexibility index (Phi) is 7.96. The first-order valence-electron chi connectivity index (χ1n) is 10.7. The molecule has 0 bridgehead atoms. The second kappa shape index (κ2) is 10.7. The van der Waals surface area contributed by atoms with Crippen LogP contribution in [0.1, 0.15) is 30.1 Å². The number of ether oxygens (including phenoxy) is 1. The third-order valence-corrected chi connectivity index (χ3v) is 5.59. The molecule has 0 radical (unpaired) electrons. The number of carboxylic acid groups (broad SMARTS) is 1. The topological polar surface area (TPSA) is 87.9 Å². The number of rotatable bonds is 5. The lowest BCUT2D eigenvalue weighted by Gasteiger charge is -2.35. The summed E-state index contributed by atoms with van der Waals surface area (Å²) in [7, 11) is 0. The zero-order valence-corrected chi connectivity index (χ0v) is 18.3. The van der Waals surface area contributed by atoms with E-state index in [-0.39, 0.29) is 18.6 Å². The molecule has 1 saturated heterocycles. The highest BCUT2D eigenvalue weighted by Gasteiger charge is 2.38. The minimum atomic E-state index is -5.08. The van der Waals surface area contributed by atoms with Crippen molar-refractivity contribution >= 4 is 11.9 Å². The highest BCUT2D eigenvalue weighted by molar-refractivity contribution is 5.78. The molecule has 180 valence electrons. The first kappa shape index (κ1) is 24.6. The predicted octanol–water partition coefficient (Wildman–Crippen LogP) is 2.88. The van der Waals surface area contributed by atoms with Crippen molar-refractivity contribution in [3.63, 3.8) is 0 Å². The van der Waals surface area contributed by atoms with Gasteiger partial charge in [-0.05, 0) is 50.6 Å². The highest BCUT2D eigenvalue weighted by atomic mass is 19.4. The Morgan fingerprint density at radius 2 is 1.85 bits per heavy atom. The molecule has 4 rings (SSSR count). The van der Waals surface area contributed by atoms with Crippen LogP contribution in [0.4, 0.5) is 13.2 Å². The molecular formula is C22H27F3N4O4. The fraction of sp³-hybridized carbons (Fsp3) is 0.500. The summed E-state index contributed by atoms with van der Waals surface area (Å²) in [6, 6.07) is 10.0. The van der Waals surface area contributed by atoms with Crippen LogP contribution in [0, 0.1) is 6.92 Å². The van der Waals surface area contributed by atoms with E-state index in [1.54, 1.807) is 0 Å². The van der Waals surface area contributed by atoms with Crippen molar-refractivity contribution in [1.82, 2.24) is 19.6 Å². The number of alkyl halides is 3. The van der Waals surface area contributed by atoms with Crippen LogP contribution in [0.2, 0.25) is 0 Å². The van der Waals surface area contributed by atoms with Crippen LogP contribution in [-0.4, -0.2) is 75.5 Å². The summed E-state index contributed by atoms with van der Waals surface area (Å²) in [5.74, 6) is -1.95. The summed E-state index contributed by atoms with van der Waals surface area (Å²) in [5.41, 5.74) is 2.15. The number of aliphatic carboxylic acids is 1. The normalized spacial score (nSPS) is 18.3. The SMILES string of the molecule is Cc1ccccc1OCC(=O)N1Cc2ccnn2C(CN2CCCC2)C1.O=C(O)C(F)(F)F. The number of hydrogen-bond donors (Lipinski definition) is 1. The van der Waals surface area contributed by atoms with Crippen LogP contribution in [-0.2, 0) is 16.1 Å². The van der Waals surface area contributed by atoms with Gasteiger partial charge in [0.25, 0.3) is 5.91 Å². The van der Waals surface area contributed by atoms with Crippen molar-refractivity contribution in [2.45, 2.75) is 38.5 Å². The number of carbonyl (C=O) groups is 2. The Morgan fingerprint density at radius 3 is 2.48 bits per heavy atom. The Balaban J connectivity index is 0.000000383. The zero-order valence-electron chi connectivity index (χ0n) is 18.3. The maximum absolute atomic E-state index is 12.8. The molecule has 3 heterocycles. The molecular weight excluding hydrogens is 441 g/mol. The third-order valence-electron chi connectivity index (χ3n) is 5.59. The molecule has 1 aromatic carbocycles. The van der Waals surface area contributed by atoms with E-state index in [9.17, 15) is 18.0 Å². The van der Waals surface area contributed by atoms with Gasteiger partial charge in [0.2, 0.25) is 0 Å². The molecule has 2 aromatic rings. The summed E-state index contributed by atoms with van der Waals surface area (Å²) in [5, 5.41) is 11.6. The van der Waals surface area contributed by atoms with Gasteiger partial charge in [-0.1, -0.05) is 18.2 Å². The molecule has 2 aliphatic rings. The van der Waals surface area contributed by atoms with Crippen molar-refractivity contribution < 1.29 is 32.6 Å². The fourth-order valence-corrected chi connectivity index (χ4v) is 3.92. The second-order valence-electron chi connectivity index (χ2n) is 8.06. The van der Waals surface area contributed by atoms with Gasteiger partial charge in [-0.15, -0.1) is 0 Å². The second-order valence-corrected chi connectivity index (χ2v) is 8.06. The minimum absolute atomic E-state index is 0.0344. The Bertz CT molecular complexity index is 957. The first-order valence-corrected chi connectivity index (χ1v) is 10.7. The molecule has 1 aromatic heterocycles. The van der Waals surface area contributed by atoms with Crippen LogP contribution < -0.4 is 4.74 Å². The maximum Gasteiger partial charge on any atom is 0.490 e. The van der Waals surface area contributed by atoms with E-state index in [1.807, 2.05) is 48.4 Å². The lowest BCUT2D eigenvalue weighted by atomic mass is 10.1. The number of halogens is 3. The summed E-state index contributed by atoms with van der Waals surface area (Å²) < 4.78 is 39.6. The standard InChI is InChI=1S/C20H26N4O2.C2HF3O2/c1-16-6-2-3-7-19(16)26-15-20(25)23-13-17-8-9-21-24(17)18(14-23)12-22-10-4-5-11-22;3-2(4,5)1(6)7/h2-3,6-9,18H,4-5,10-15H2,1H3;(H,6,7). The number of hydrogen-bond acceptors (Lipinski definition) is 5. The molecule has 33 heavy (non-hydrogen) atoms. The summed E-state index contributed by atoms with van der Waals surface area (Å²) in [4.78, 5) is 26.0. The number of fused-ring (bicyclic) bond motifs is 1. The van der Waals surface area contributed by atoms with E-state index in [1.165, 1.54) is 12.8 Å². The van der Waals surface area contributed by atoms with Crippen molar-refractivity contribution in [2.75, 3.05) is 32.8 Å². The molecule has 0 saturated carbocycles. The average molecular weight is 468 g/mol. The van der Waals surface area contributed by atoms with Crippen LogP contribution in [0.3, 0.4) is 0 Å². The highest BCUT2D eigenvalue weighted by Crippen LogP contribution is 2.23. The van der Waals surface area contributed by atoms with E-state index in [4.69, 9.17) is 14.6 Å². The molecule has 1 N–H and O–H groups in total. The number of para-hydroxylation sites is 1. The van der Waals surface area contributed by atoms with Gasteiger partial charge < -0.3 is 19.6 Å². The predicted molar refractivity (Wildman–Crippen MR) is 113 cm³/mol. The maximum atomic E-state index is 12.8. The number of carboxylic acids is 1. The molecule has 0 spiro atoms. The van der Waals surface area contributed by atoms with Crippen molar-refractivity contribution in [1.29, 1.82) is 0 Å². The van der Waals surface area contributed by atoms with Gasteiger partial charge in [0.1, 0.15) is 5.75 Å². The van der Waals surface area contributed by atoms with Crippen molar-refractivity contribution in [3.05, 3.63) is 47.8 Å². The molecule has 2 aliphatic heterocycles. The quantitative estimate of drug-likeness (QED) is 0.726. The summed E-state index contributed by atoms with van der Waals surface area (Å²) in [6.07, 6.45) is -0.707. The van der Waals surface area contributed by atoms with Gasteiger partial charge in [-0.2, -0.15) is 18.3 Å².